The maximum absolute atomic E-state index is 13.6. The standard InChI is InChI=1S/C30H30FN3O3S/c1-17-13-25-22(27(29(35)32-2)28(37-25)18-6-8-20(31)9-7-18)14-21(17)19-5-4-11-34(16-19)30(36)24-15-26-23(33(24)3)10-12-38-26/h6-9,13-15,19H,4-5,10-12,16H2,1-3H3,(H,32,35)/t19-/m1/s1. The molecule has 196 valence electrons. The number of rotatable bonds is 4. The van der Waals surface area contributed by atoms with E-state index in [4.69, 9.17) is 4.42 Å². The summed E-state index contributed by atoms with van der Waals surface area (Å²) < 4.78 is 21.8. The van der Waals surface area contributed by atoms with Gasteiger partial charge >= 0.3 is 0 Å². The summed E-state index contributed by atoms with van der Waals surface area (Å²) in [5.41, 5.74) is 5.90. The SMILES string of the molecule is CNC(=O)c1c(-c2ccc(F)cc2)oc2cc(C)c([C@@H]3CCCN(C(=O)c4cc5c(n4C)CCS5)C3)cc12. The number of nitrogens with zero attached hydrogens (tertiary/aromatic N) is 2. The first-order valence-corrected chi connectivity index (χ1v) is 14.0. The van der Waals surface area contributed by atoms with Gasteiger partial charge in [-0.2, -0.15) is 0 Å². The molecule has 2 aromatic heterocycles. The second kappa shape index (κ2) is 9.66. The van der Waals surface area contributed by atoms with E-state index >= 15 is 0 Å². The molecule has 6 rings (SSSR count). The third-order valence-corrected chi connectivity index (χ3v) is 8.99. The van der Waals surface area contributed by atoms with Gasteiger partial charge in [0.05, 0.1) is 5.56 Å². The van der Waals surface area contributed by atoms with Crippen LogP contribution in [0.3, 0.4) is 0 Å². The Balaban J connectivity index is 1.36. The number of hydrogen-bond acceptors (Lipinski definition) is 4. The number of furan rings is 1. The minimum atomic E-state index is -0.348. The van der Waals surface area contributed by atoms with Gasteiger partial charge in [-0.3, -0.25) is 9.59 Å². The van der Waals surface area contributed by atoms with Crippen LogP contribution in [0.4, 0.5) is 4.39 Å². The molecule has 4 aromatic rings. The van der Waals surface area contributed by atoms with Crippen molar-refractivity contribution in [1.82, 2.24) is 14.8 Å². The van der Waals surface area contributed by atoms with Crippen molar-refractivity contribution in [2.24, 2.45) is 7.05 Å². The van der Waals surface area contributed by atoms with Crippen LogP contribution < -0.4 is 5.32 Å². The molecule has 4 heterocycles. The van der Waals surface area contributed by atoms with E-state index in [0.29, 0.717) is 29.0 Å². The van der Waals surface area contributed by atoms with Crippen LogP contribution >= 0.6 is 11.8 Å². The monoisotopic (exact) mass is 531 g/mol. The number of benzene rings is 2. The molecular formula is C30H30FN3O3S. The van der Waals surface area contributed by atoms with E-state index in [1.807, 2.05) is 42.8 Å². The Hall–Kier alpha value is -3.52. The summed E-state index contributed by atoms with van der Waals surface area (Å²) in [4.78, 5) is 29.8. The molecule has 2 amide bonds. The molecule has 2 aliphatic rings. The lowest BCUT2D eigenvalue weighted by molar-refractivity contribution is 0.0696. The average molecular weight is 532 g/mol. The number of carbonyl (C=O) groups excluding carboxylic acids is 2. The molecule has 1 saturated heterocycles. The van der Waals surface area contributed by atoms with Crippen LogP contribution in [-0.2, 0) is 13.5 Å². The summed E-state index contributed by atoms with van der Waals surface area (Å²) in [7, 11) is 3.59. The second-order valence-electron chi connectivity index (χ2n) is 10.2. The highest BCUT2D eigenvalue weighted by atomic mass is 32.2. The fourth-order valence-corrected chi connectivity index (χ4v) is 7.04. The van der Waals surface area contributed by atoms with Gasteiger partial charge in [0.15, 0.2) is 0 Å². The Morgan fingerprint density at radius 3 is 2.68 bits per heavy atom. The number of hydrogen-bond donors (Lipinski definition) is 1. The normalized spacial score (nSPS) is 17.2. The molecule has 0 aliphatic carbocycles. The van der Waals surface area contributed by atoms with E-state index in [9.17, 15) is 14.0 Å². The predicted molar refractivity (Wildman–Crippen MR) is 147 cm³/mol. The molecule has 2 aromatic carbocycles. The van der Waals surface area contributed by atoms with Crippen LogP contribution in [0, 0.1) is 12.7 Å². The molecular weight excluding hydrogens is 501 g/mol. The Kier molecular flexibility index (Phi) is 6.30. The molecule has 8 heteroatoms. The first kappa shape index (κ1) is 24.8. The highest BCUT2D eigenvalue weighted by Gasteiger charge is 2.31. The highest BCUT2D eigenvalue weighted by Crippen LogP contribution is 2.39. The van der Waals surface area contributed by atoms with Crippen molar-refractivity contribution < 1.29 is 18.4 Å². The molecule has 0 bridgehead atoms. The number of amides is 2. The minimum absolute atomic E-state index is 0.0823. The lowest BCUT2D eigenvalue weighted by Crippen LogP contribution is -2.40. The molecule has 0 radical (unpaired) electrons. The number of aryl methyl sites for hydroxylation is 1. The maximum atomic E-state index is 13.6. The second-order valence-corrected chi connectivity index (χ2v) is 11.3. The largest absolute Gasteiger partial charge is 0.455 e. The van der Waals surface area contributed by atoms with Crippen molar-refractivity contribution in [3.63, 3.8) is 0 Å². The Bertz CT molecular complexity index is 1570. The van der Waals surface area contributed by atoms with Crippen molar-refractivity contribution in [3.05, 3.63) is 76.4 Å². The molecule has 2 aliphatic heterocycles. The fraction of sp³-hybridized carbons (Fsp3) is 0.333. The third kappa shape index (κ3) is 4.11. The van der Waals surface area contributed by atoms with E-state index in [0.717, 1.165) is 53.8 Å². The zero-order valence-corrected chi connectivity index (χ0v) is 22.6. The van der Waals surface area contributed by atoms with Crippen molar-refractivity contribution in [2.75, 3.05) is 25.9 Å². The lowest BCUT2D eigenvalue weighted by atomic mass is 9.86. The minimum Gasteiger partial charge on any atom is -0.455 e. The van der Waals surface area contributed by atoms with E-state index in [-0.39, 0.29) is 23.5 Å². The van der Waals surface area contributed by atoms with Crippen LogP contribution in [0.15, 0.2) is 51.8 Å². The van der Waals surface area contributed by atoms with Gasteiger partial charge in [-0.25, -0.2) is 4.39 Å². The smallest absolute Gasteiger partial charge is 0.270 e. The zero-order valence-electron chi connectivity index (χ0n) is 21.8. The van der Waals surface area contributed by atoms with Crippen LogP contribution in [0.25, 0.3) is 22.3 Å². The first-order valence-electron chi connectivity index (χ1n) is 13.0. The van der Waals surface area contributed by atoms with E-state index < -0.39 is 0 Å². The molecule has 1 fully saturated rings. The van der Waals surface area contributed by atoms with E-state index in [1.165, 1.54) is 22.7 Å². The number of piperidine rings is 1. The van der Waals surface area contributed by atoms with Gasteiger partial charge in [0, 0.05) is 60.4 Å². The number of likely N-dealkylation sites (tertiary alicyclic amines) is 1. The summed E-state index contributed by atoms with van der Waals surface area (Å²) in [6.45, 7) is 3.42. The molecule has 1 N–H and O–H groups in total. The molecule has 0 saturated carbocycles. The van der Waals surface area contributed by atoms with Gasteiger partial charge in [-0.05, 0) is 79.8 Å². The summed E-state index contributed by atoms with van der Waals surface area (Å²) in [5.74, 6) is 1.13. The van der Waals surface area contributed by atoms with Gasteiger partial charge in [-0.1, -0.05) is 0 Å². The van der Waals surface area contributed by atoms with Crippen molar-refractivity contribution in [2.45, 2.75) is 37.0 Å². The first-order chi connectivity index (χ1) is 18.4. The Labute approximate surface area is 225 Å². The Morgan fingerprint density at radius 2 is 1.95 bits per heavy atom. The number of nitrogens with one attached hydrogen (secondary N) is 1. The maximum Gasteiger partial charge on any atom is 0.270 e. The van der Waals surface area contributed by atoms with Gasteiger partial charge in [0.25, 0.3) is 11.8 Å². The van der Waals surface area contributed by atoms with Gasteiger partial charge in [0.2, 0.25) is 0 Å². The van der Waals surface area contributed by atoms with E-state index in [2.05, 4.69) is 16.0 Å². The predicted octanol–water partition coefficient (Wildman–Crippen LogP) is 5.91. The van der Waals surface area contributed by atoms with Crippen LogP contribution in [-0.4, -0.2) is 47.2 Å². The molecule has 38 heavy (non-hydrogen) atoms. The van der Waals surface area contributed by atoms with Gasteiger partial charge in [0.1, 0.15) is 22.9 Å². The lowest BCUT2D eigenvalue weighted by Gasteiger charge is -2.34. The summed E-state index contributed by atoms with van der Waals surface area (Å²) >= 11 is 1.82. The van der Waals surface area contributed by atoms with E-state index in [1.54, 1.807) is 19.2 Å². The molecule has 0 spiro atoms. The van der Waals surface area contributed by atoms with Crippen LogP contribution in [0.2, 0.25) is 0 Å². The van der Waals surface area contributed by atoms with Gasteiger partial charge < -0.3 is 19.2 Å². The zero-order chi connectivity index (χ0) is 26.6. The van der Waals surface area contributed by atoms with Crippen molar-refractivity contribution >= 4 is 34.5 Å². The molecule has 0 unspecified atom stereocenters. The van der Waals surface area contributed by atoms with Crippen molar-refractivity contribution in [3.8, 4) is 11.3 Å². The Morgan fingerprint density at radius 1 is 1.16 bits per heavy atom. The number of halogens is 1. The quantitative estimate of drug-likeness (QED) is 0.355. The molecule has 6 nitrogen and oxygen atoms in total. The summed E-state index contributed by atoms with van der Waals surface area (Å²) in [6, 6.07) is 12.0. The van der Waals surface area contributed by atoms with Gasteiger partial charge in [-0.15, -0.1) is 11.8 Å². The van der Waals surface area contributed by atoms with Crippen LogP contribution in [0.5, 0.6) is 0 Å². The number of carbonyl (C=O) groups is 2. The number of aromatic nitrogens is 1. The number of fused-ring (bicyclic) bond motifs is 2. The molecule has 1 atom stereocenters. The van der Waals surface area contributed by atoms with Crippen LogP contribution in [0.1, 0.15) is 56.4 Å². The summed E-state index contributed by atoms with van der Waals surface area (Å²) in [5, 5.41) is 3.45. The number of thioether (sulfide) groups is 1. The fourth-order valence-electron chi connectivity index (χ4n) is 5.93. The third-order valence-electron chi connectivity index (χ3n) is 7.92. The topological polar surface area (TPSA) is 67.5 Å². The summed E-state index contributed by atoms with van der Waals surface area (Å²) in [6.07, 6.45) is 2.89. The van der Waals surface area contributed by atoms with Crippen molar-refractivity contribution in [1.29, 1.82) is 0 Å². The highest BCUT2D eigenvalue weighted by molar-refractivity contribution is 7.99. The average Bonchev–Trinajstić information content (AvgIpc) is 3.62.